The Morgan fingerprint density at radius 3 is 2.31 bits per heavy atom. The maximum atomic E-state index is 15.2. The Kier molecular flexibility index (Phi) is 5.41. The number of nitrogens with zero attached hydrogens (tertiary/aromatic N) is 5. The molecule has 1 aliphatic carbocycles. The minimum Gasteiger partial charge on any atom is -0.368 e. The first-order valence-electron chi connectivity index (χ1n) is 12.0. The lowest BCUT2D eigenvalue weighted by Gasteiger charge is -2.37. The summed E-state index contributed by atoms with van der Waals surface area (Å²) < 4.78 is 60.7. The minimum atomic E-state index is -3.73. The standard InChI is InChI=1S/C25H27F2N5O2S/c1-16-7-10-22(17-5-3-2-4-6-17)35(33,34)32(16)11-18-8-9-21(24(27)23(18)26)30-12-19-20(13-30)25(19)31-14-28-29-15-31/h2-6,8-9,14-16,19-20,22,25H,7,10-13H2,1H3. The molecule has 184 valence electrons. The van der Waals surface area contributed by atoms with E-state index in [0.717, 1.165) is 5.56 Å². The molecule has 3 fully saturated rings. The van der Waals surface area contributed by atoms with Crippen molar-refractivity contribution < 1.29 is 17.2 Å². The first-order valence-corrected chi connectivity index (χ1v) is 13.5. The summed E-state index contributed by atoms with van der Waals surface area (Å²) in [5, 5.41) is 7.02. The zero-order valence-electron chi connectivity index (χ0n) is 19.3. The number of rotatable bonds is 5. The van der Waals surface area contributed by atoms with E-state index in [-0.39, 0.29) is 23.8 Å². The van der Waals surface area contributed by atoms with E-state index in [9.17, 15) is 8.42 Å². The Morgan fingerprint density at radius 2 is 1.63 bits per heavy atom. The first-order chi connectivity index (χ1) is 16.9. The molecule has 1 aromatic heterocycles. The van der Waals surface area contributed by atoms with Crippen molar-refractivity contribution in [3.05, 3.63) is 77.9 Å². The minimum absolute atomic E-state index is 0.0575. The van der Waals surface area contributed by atoms with Crippen LogP contribution in [0.15, 0.2) is 55.1 Å². The molecule has 2 aromatic carbocycles. The predicted octanol–water partition coefficient (Wildman–Crippen LogP) is 3.92. The van der Waals surface area contributed by atoms with Gasteiger partial charge in [0, 0.05) is 49.1 Å². The SMILES string of the molecule is CC1CCC(c2ccccc2)S(=O)(=O)N1Cc1ccc(N2CC3C(C2)C3n2cnnc2)c(F)c1F. The molecule has 35 heavy (non-hydrogen) atoms. The van der Waals surface area contributed by atoms with Gasteiger partial charge in [0.1, 0.15) is 17.9 Å². The smallest absolute Gasteiger partial charge is 0.221 e. The molecule has 3 aromatic rings. The molecule has 10 heteroatoms. The van der Waals surface area contributed by atoms with Gasteiger partial charge < -0.3 is 9.47 Å². The van der Waals surface area contributed by atoms with Gasteiger partial charge in [0.25, 0.3) is 0 Å². The van der Waals surface area contributed by atoms with Gasteiger partial charge in [-0.05, 0) is 31.4 Å². The van der Waals surface area contributed by atoms with Gasteiger partial charge in [-0.2, -0.15) is 4.31 Å². The molecule has 1 saturated carbocycles. The number of aromatic nitrogens is 3. The average Bonchev–Trinajstić information content (AvgIpc) is 3.22. The average molecular weight is 500 g/mol. The Labute approximate surface area is 203 Å². The van der Waals surface area contributed by atoms with Gasteiger partial charge in [0.2, 0.25) is 10.0 Å². The monoisotopic (exact) mass is 499 g/mol. The highest BCUT2D eigenvalue weighted by molar-refractivity contribution is 7.89. The second-order valence-electron chi connectivity index (χ2n) is 9.92. The van der Waals surface area contributed by atoms with Gasteiger partial charge in [-0.15, -0.1) is 10.2 Å². The lowest BCUT2D eigenvalue weighted by molar-refractivity contribution is 0.278. The van der Waals surface area contributed by atoms with E-state index in [4.69, 9.17) is 0 Å². The summed E-state index contributed by atoms with van der Waals surface area (Å²) in [5.74, 6) is -1.15. The van der Waals surface area contributed by atoms with E-state index in [1.807, 2.05) is 34.6 Å². The zero-order chi connectivity index (χ0) is 24.3. The van der Waals surface area contributed by atoms with Crippen LogP contribution in [0.1, 0.15) is 42.2 Å². The van der Waals surface area contributed by atoms with Crippen molar-refractivity contribution in [1.29, 1.82) is 0 Å². The molecule has 4 atom stereocenters. The number of halogens is 2. The lowest BCUT2D eigenvalue weighted by atomic mass is 10.0. The number of anilines is 1. The van der Waals surface area contributed by atoms with Crippen LogP contribution in [0, 0.1) is 23.5 Å². The first kappa shape index (κ1) is 22.6. The summed E-state index contributed by atoms with van der Waals surface area (Å²) in [6, 6.07) is 12.2. The van der Waals surface area contributed by atoms with Crippen LogP contribution >= 0.6 is 0 Å². The second kappa shape index (κ2) is 8.37. The maximum Gasteiger partial charge on any atom is 0.221 e. The summed E-state index contributed by atoms with van der Waals surface area (Å²) in [5.41, 5.74) is 1.02. The van der Waals surface area contributed by atoms with Crippen LogP contribution in [0.5, 0.6) is 0 Å². The summed E-state index contributed by atoms with van der Waals surface area (Å²) in [6.07, 6.45) is 4.55. The molecule has 7 nitrogen and oxygen atoms in total. The van der Waals surface area contributed by atoms with Crippen LogP contribution in [0.25, 0.3) is 0 Å². The van der Waals surface area contributed by atoms with E-state index in [1.54, 1.807) is 30.9 Å². The van der Waals surface area contributed by atoms with Crippen molar-refractivity contribution in [2.45, 2.75) is 43.6 Å². The Balaban J connectivity index is 1.21. The Morgan fingerprint density at radius 1 is 0.943 bits per heavy atom. The van der Waals surface area contributed by atoms with Crippen LogP contribution < -0.4 is 4.90 Å². The fraction of sp³-hybridized carbons (Fsp3) is 0.440. The van der Waals surface area contributed by atoms with Gasteiger partial charge in [-0.25, -0.2) is 17.2 Å². The van der Waals surface area contributed by atoms with Crippen LogP contribution in [0.2, 0.25) is 0 Å². The van der Waals surface area contributed by atoms with E-state index in [0.29, 0.717) is 43.8 Å². The normalized spacial score (nSPS) is 29.8. The molecule has 0 bridgehead atoms. The Bertz CT molecular complexity index is 1320. The van der Waals surface area contributed by atoms with Gasteiger partial charge in [-0.3, -0.25) is 0 Å². The highest BCUT2D eigenvalue weighted by Gasteiger charge is 2.57. The number of piperidine rings is 1. The molecule has 0 amide bonds. The number of hydrogen-bond donors (Lipinski definition) is 0. The lowest BCUT2D eigenvalue weighted by Crippen LogP contribution is -2.44. The quantitative estimate of drug-likeness (QED) is 0.532. The molecule has 3 heterocycles. The second-order valence-corrected chi connectivity index (χ2v) is 12.0. The number of sulfonamides is 1. The Hall–Kier alpha value is -2.85. The third-order valence-corrected chi connectivity index (χ3v) is 10.3. The third kappa shape index (κ3) is 3.74. The van der Waals surface area contributed by atoms with E-state index >= 15 is 8.78 Å². The number of fused-ring (bicyclic) bond motifs is 1. The van der Waals surface area contributed by atoms with E-state index < -0.39 is 26.9 Å². The van der Waals surface area contributed by atoms with Crippen molar-refractivity contribution in [1.82, 2.24) is 19.1 Å². The topological polar surface area (TPSA) is 71.3 Å². The summed E-state index contributed by atoms with van der Waals surface area (Å²) >= 11 is 0. The van der Waals surface area contributed by atoms with Gasteiger partial charge >= 0.3 is 0 Å². The van der Waals surface area contributed by atoms with E-state index in [1.165, 1.54) is 10.4 Å². The summed E-state index contributed by atoms with van der Waals surface area (Å²) in [6.45, 7) is 2.92. The molecule has 0 N–H and O–H groups in total. The summed E-state index contributed by atoms with van der Waals surface area (Å²) in [7, 11) is -3.73. The molecule has 4 unspecified atom stereocenters. The van der Waals surface area contributed by atoms with Crippen LogP contribution in [0.3, 0.4) is 0 Å². The highest BCUT2D eigenvalue weighted by Crippen LogP contribution is 2.56. The van der Waals surface area contributed by atoms with Gasteiger partial charge in [-0.1, -0.05) is 36.4 Å². The van der Waals surface area contributed by atoms with Crippen molar-refractivity contribution in [2.24, 2.45) is 11.8 Å². The number of benzene rings is 2. The largest absolute Gasteiger partial charge is 0.368 e. The molecule has 2 saturated heterocycles. The fourth-order valence-corrected chi connectivity index (χ4v) is 8.15. The summed E-state index contributed by atoms with van der Waals surface area (Å²) in [4.78, 5) is 1.88. The van der Waals surface area contributed by atoms with Crippen molar-refractivity contribution >= 4 is 15.7 Å². The van der Waals surface area contributed by atoms with Crippen LogP contribution in [-0.4, -0.2) is 46.6 Å². The van der Waals surface area contributed by atoms with E-state index in [2.05, 4.69) is 10.2 Å². The van der Waals surface area contributed by atoms with Crippen LogP contribution in [-0.2, 0) is 16.6 Å². The molecule has 3 aliphatic rings. The number of hydrogen-bond acceptors (Lipinski definition) is 5. The molecule has 6 rings (SSSR count). The molecule has 0 radical (unpaired) electrons. The molecule has 2 aliphatic heterocycles. The van der Waals surface area contributed by atoms with Crippen molar-refractivity contribution in [3.63, 3.8) is 0 Å². The van der Waals surface area contributed by atoms with Crippen molar-refractivity contribution in [3.8, 4) is 0 Å². The van der Waals surface area contributed by atoms with Gasteiger partial charge in [0.05, 0.1) is 5.69 Å². The third-order valence-electron chi connectivity index (χ3n) is 7.93. The van der Waals surface area contributed by atoms with Gasteiger partial charge in [0.15, 0.2) is 11.6 Å². The molecule has 0 spiro atoms. The van der Waals surface area contributed by atoms with Crippen LogP contribution in [0.4, 0.5) is 14.5 Å². The predicted molar refractivity (Wildman–Crippen MR) is 127 cm³/mol. The van der Waals surface area contributed by atoms with Crippen molar-refractivity contribution in [2.75, 3.05) is 18.0 Å². The fourth-order valence-electron chi connectivity index (χ4n) is 5.96. The zero-order valence-corrected chi connectivity index (χ0v) is 20.2. The molecular formula is C25H27F2N5O2S. The highest BCUT2D eigenvalue weighted by atomic mass is 32.2. The maximum absolute atomic E-state index is 15.2. The molecular weight excluding hydrogens is 472 g/mol.